The predicted octanol–water partition coefficient (Wildman–Crippen LogP) is 5.44. The Morgan fingerprint density at radius 2 is 1.73 bits per heavy atom. The third-order valence-electron chi connectivity index (χ3n) is 6.42. The number of hydrogen-bond acceptors (Lipinski definition) is 5. The van der Waals surface area contributed by atoms with Crippen LogP contribution in [0.4, 0.5) is 4.79 Å². The van der Waals surface area contributed by atoms with Crippen molar-refractivity contribution in [2.75, 3.05) is 13.1 Å². The van der Waals surface area contributed by atoms with E-state index in [1.165, 1.54) is 0 Å². The quantitative estimate of drug-likeness (QED) is 0.261. The fraction of sp³-hybridized carbons (Fsp3) is 0.379. The fourth-order valence-electron chi connectivity index (χ4n) is 4.47. The van der Waals surface area contributed by atoms with Crippen molar-refractivity contribution in [2.24, 2.45) is 0 Å². The van der Waals surface area contributed by atoms with Gasteiger partial charge in [-0.1, -0.05) is 61.4 Å². The van der Waals surface area contributed by atoms with Gasteiger partial charge < -0.3 is 19.5 Å². The summed E-state index contributed by atoms with van der Waals surface area (Å²) in [6, 6.07) is 17.8. The Hall–Kier alpha value is -3.94. The number of nitrogens with zero attached hydrogens (tertiary/aromatic N) is 4. The Bertz CT molecular complexity index is 1340. The minimum Gasteiger partial charge on any atom is -0.445 e. The van der Waals surface area contributed by atoms with Gasteiger partial charge in [0.25, 0.3) is 0 Å². The number of aromatic nitrogens is 3. The number of ether oxygens (including phenoxy) is 1. The number of fused-ring (bicyclic) bond motifs is 3. The molecule has 8 nitrogen and oxygen atoms in total. The summed E-state index contributed by atoms with van der Waals surface area (Å²) in [6.07, 6.45) is 5.47. The van der Waals surface area contributed by atoms with E-state index < -0.39 is 0 Å². The molecular formula is C29H35N5O3. The number of hydrogen-bond donors (Lipinski definition) is 1. The monoisotopic (exact) mass is 501 g/mol. The summed E-state index contributed by atoms with van der Waals surface area (Å²) >= 11 is 0. The van der Waals surface area contributed by atoms with Crippen LogP contribution in [-0.4, -0.2) is 44.5 Å². The molecule has 0 bridgehead atoms. The number of aryl methyl sites for hydroxylation is 1. The molecule has 194 valence electrons. The number of rotatable bonds is 12. The summed E-state index contributed by atoms with van der Waals surface area (Å²) in [6.45, 7) is 6.09. The fourth-order valence-corrected chi connectivity index (χ4v) is 4.47. The molecule has 1 N–H and O–H groups in total. The standard InChI is InChI=1S/C29H35N5O3/c1-3-33(29(36)37-21-23-13-7-6-8-14-23)20-27-32-26-19-31-25-16-10-9-15-24(25)28(26)34(27)18-12-5-4-11-17-30-22(2)35/h6-10,13-16,19H,3-5,11-12,17-18,20-21H2,1-2H3,(H,30,35). The second-order valence-corrected chi connectivity index (χ2v) is 9.14. The maximum Gasteiger partial charge on any atom is 0.410 e. The van der Waals surface area contributed by atoms with Crippen LogP contribution in [0.2, 0.25) is 0 Å². The summed E-state index contributed by atoms with van der Waals surface area (Å²) in [5, 5.41) is 3.91. The maximum atomic E-state index is 12.9. The molecule has 4 aromatic rings. The van der Waals surface area contributed by atoms with E-state index in [0.717, 1.165) is 65.6 Å². The number of imidazole rings is 1. The van der Waals surface area contributed by atoms with Gasteiger partial charge in [-0.15, -0.1) is 0 Å². The van der Waals surface area contributed by atoms with E-state index in [1.807, 2.05) is 61.7 Å². The van der Waals surface area contributed by atoms with Gasteiger partial charge in [0, 0.05) is 31.9 Å². The molecule has 0 unspecified atom stereocenters. The van der Waals surface area contributed by atoms with Crippen molar-refractivity contribution in [1.29, 1.82) is 0 Å². The van der Waals surface area contributed by atoms with Crippen LogP contribution in [0.25, 0.3) is 21.9 Å². The first-order valence-corrected chi connectivity index (χ1v) is 13.0. The summed E-state index contributed by atoms with van der Waals surface area (Å²) in [5.74, 6) is 0.836. The molecule has 0 aliphatic carbocycles. The van der Waals surface area contributed by atoms with Crippen molar-refractivity contribution in [3.8, 4) is 0 Å². The van der Waals surface area contributed by atoms with Crippen LogP contribution < -0.4 is 5.32 Å². The molecule has 0 spiro atoms. The third-order valence-corrected chi connectivity index (χ3v) is 6.42. The molecule has 37 heavy (non-hydrogen) atoms. The first-order valence-electron chi connectivity index (χ1n) is 13.0. The van der Waals surface area contributed by atoms with Crippen LogP contribution in [-0.2, 0) is 29.2 Å². The van der Waals surface area contributed by atoms with E-state index in [0.29, 0.717) is 19.6 Å². The van der Waals surface area contributed by atoms with Crippen LogP contribution in [0.1, 0.15) is 50.9 Å². The van der Waals surface area contributed by atoms with Gasteiger partial charge in [-0.3, -0.25) is 9.78 Å². The average molecular weight is 502 g/mol. The molecule has 2 aromatic carbocycles. The normalized spacial score (nSPS) is 11.1. The van der Waals surface area contributed by atoms with Gasteiger partial charge in [0.2, 0.25) is 5.91 Å². The highest BCUT2D eigenvalue weighted by Gasteiger charge is 2.20. The van der Waals surface area contributed by atoms with Crippen molar-refractivity contribution >= 4 is 33.9 Å². The minimum atomic E-state index is -0.356. The van der Waals surface area contributed by atoms with Gasteiger partial charge >= 0.3 is 6.09 Å². The zero-order chi connectivity index (χ0) is 26.0. The third kappa shape index (κ3) is 6.84. The Kier molecular flexibility index (Phi) is 9.08. The lowest BCUT2D eigenvalue weighted by Crippen LogP contribution is -2.32. The van der Waals surface area contributed by atoms with Crippen molar-refractivity contribution in [3.05, 3.63) is 72.2 Å². The zero-order valence-electron chi connectivity index (χ0n) is 21.7. The number of para-hydroxylation sites is 1. The summed E-state index contributed by atoms with van der Waals surface area (Å²) < 4.78 is 7.83. The zero-order valence-corrected chi connectivity index (χ0v) is 21.7. The van der Waals surface area contributed by atoms with E-state index in [1.54, 1.807) is 11.8 Å². The van der Waals surface area contributed by atoms with Gasteiger partial charge in [0.15, 0.2) is 0 Å². The second-order valence-electron chi connectivity index (χ2n) is 9.14. The topological polar surface area (TPSA) is 89.4 Å². The summed E-state index contributed by atoms with van der Waals surface area (Å²) in [7, 11) is 0. The van der Waals surface area contributed by atoms with Crippen molar-refractivity contribution < 1.29 is 14.3 Å². The van der Waals surface area contributed by atoms with E-state index >= 15 is 0 Å². The van der Waals surface area contributed by atoms with Crippen LogP contribution in [0.15, 0.2) is 60.8 Å². The van der Waals surface area contributed by atoms with E-state index in [-0.39, 0.29) is 18.6 Å². The molecule has 8 heteroatoms. The largest absolute Gasteiger partial charge is 0.445 e. The first kappa shape index (κ1) is 26.1. The SMILES string of the molecule is CCN(Cc1nc2cnc3ccccc3c2n1CCCCCCNC(C)=O)C(=O)OCc1ccccc1. The Balaban J connectivity index is 1.51. The van der Waals surface area contributed by atoms with Crippen LogP contribution in [0.5, 0.6) is 0 Å². The molecule has 0 aliphatic heterocycles. The van der Waals surface area contributed by atoms with E-state index in [9.17, 15) is 9.59 Å². The molecule has 0 atom stereocenters. The van der Waals surface area contributed by atoms with E-state index in [2.05, 4.69) is 20.9 Å². The first-order chi connectivity index (χ1) is 18.1. The van der Waals surface area contributed by atoms with Gasteiger partial charge in [0.05, 0.1) is 23.8 Å². The second kappa shape index (κ2) is 12.9. The number of pyridine rings is 1. The Morgan fingerprint density at radius 1 is 0.973 bits per heavy atom. The van der Waals surface area contributed by atoms with Gasteiger partial charge in [-0.25, -0.2) is 9.78 Å². The summed E-state index contributed by atoms with van der Waals surface area (Å²) in [4.78, 5) is 35.2. The molecule has 2 heterocycles. The van der Waals surface area contributed by atoms with Crippen molar-refractivity contribution in [1.82, 2.24) is 24.8 Å². The average Bonchev–Trinajstić information content (AvgIpc) is 3.27. The molecule has 0 fully saturated rings. The highest BCUT2D eigenvalue weighted by atomic mass is 16.6. The van der Waals surface area contributed by atoms with E-state index in [4.69, 9.17) is 9.72 Å². The molecule has 2 aromatic heterocycles. The Morgan fingerprint density at radius 3 is 2.51 bits per heavy atom. The lowest BCUT2D eigenvalue weighted by molar-refractivity contribution is -0.118. The molecule has 2 amide bonds. The van der Waals surface area contributed by atoms with Gasteiger partial charge in [-0.2, -0.15) is 0 Å². The van der Waals surface area contributed by atoms with Gasteiger partial charge in [0.1, 0.15) is 17.9 Å². The number of unbranched alkanes of at least 4 members (excludes halogenated alkanes) is 3. The minimum absolute atomic E-state index is 0.0118. The smallest absolute Gasteiger partial charge is 0.410 e. The molecule has 0 saturated carbocycles. The van der Waals surface area contributed by atoms with Crippen molar-refractivity contribution in [3.63, 3.8) is 0 Å². The maximum absolute atomic E-state index is 12.9. The van der Waals surface area contributed by atoms with Crippen LogP contribution >= 0.6 is 0 Å². The molecule has 0 radical (unpaired) electrons. The molecule has 0 saturated heterocycles. The summed E-state index contributed by atoms with van der Waals surface area (Å²) in [5.41, 5.74) is 3.75. The lowest BCUT2D eigenvalue weighted by atomic mass is 10.1. The number of carbonyl (C=O) groups excluding carboxylic acids is 2. The predicted molar refractivity (Wildman–Crippen MR) is 145 cm³/mol. The molecule has 4 rings (SSSR count). The van der Waals surface area contributed by atoms with Gasteiger partial charge in [-0.05, 0) is 31.4 Å². The number of nitrogens with one attached hydrogen (secondary N) is 1. The lowest BCUT2D eigenvalue weighted by Gasteiger charge is -2.21. The Labute approximate surface area is 217 Å². The van der Waals surface area contributed by atoms with Crippen LogP contribution in [0.3, 0.4) is 0 Å². The highest BCUT2D eigenvalue weighted by molar-refractivity contribution is 6.02. The van der Waals surface area contributed by atoms with Crippen molar-refractivity contribution in [2.45, 2.75) is 59.2 Å². The highest BCUT2D eigenvalue weighted by Crippen LogP contribution is 2.26. The number of carbonyl (C=O) groups is 2. The number of amides is 2. The molecular weight excluding hydrogens is 466 g/mol. The molecule has 0 aliphatic rings. The van der Waals surface area contributed by atoms with Crippen LogP contribution in [0, 0.1) is 0 Å². The number of benzene rings is 2.